The highest BCUT2D eigenvalue weighted by Crippen LogP contribution is 2.34. The third-order valence-corrected chi connectivity index (χ3v) is 8.50. The lowest BCUT2D eigenvalue weighted by atomic mass is 9.89. The van der Waals surface area contributed by atoms with Crippen LogP contribution in [0, 0.1) is 5.92 Å². The Balaban J connectivity index is 1.42. The van der Waals surface area contributed by atoms with Crippen molar-refractivity contribution in [3.63, 3.8) is 0 Å². The molecule has 0 bridgehead atoms. The van der Waals surface area contributed by atoms with E-state index >= 15 is 0 Å². The number of hydrogen-bond donors (Lipinski definition) is 0. The normalized spacial score (nSPS) is 23.4. The quantitative estimate of drug-likeness (QED) is 0.514. The van der Waals surface area contributed by atoms with E-state index in [4.69, 9.17) is 4.74 Å². The molecule has 1 saturated carbocycles. The molecule has 3 aliphatic rings. The Morgan fingerprint density at radius 2 is 1.54 bits per heavy atom. The highest BCUT2D eigenvalue weighted by atomic mass is 16.5. The molecule has 0 saturated heterocycles. The van der Waals surface area contributed by atoms with E-state index < -0.39 is 0 Å². The van der Waals surface area contributed by atoms with Gasteiger partial charge in [-0.3, -0.25) is 9.59 Å². The summed E-state index contributed by atoms with van der Waals surface area (Å²) in [6.07, 6.45) is 10.8. The molecular formula is C32H42N2O3. The van der Waals surface area contributed by atoms with Gasteiger partial charge in [0, 0.05) is 25.6 Å². The lowest BCUT2D eigenvalue weighted by Gasteiger charge is -2.41. The van der Waals surface area contributed by atoms with Crippen molar-refractivity contribution >= 4 is 11.8 Å². The molecule has 1 heterocycles. The summed E-state index contributed by atoms with van der Waals surface area (Å²) in [6.45, 7) is 4.47. The minimum Gasteiger partial charge on any atom is -0.487 e. The van der Waals surface area contributed by atoms with E-state index in [1.54, 1.807) is 0 Å². The van der Waals surface area contributed by atoms with Gasteiger partial charge in [-0.2, -0.15) is 0 Å². The minimum atomic E-state index is -0.0852. The molecule has 5 heteroatoms. The van der Waals surface area contributed by atoms with E-state index in [2.05, 4.69) is 36.1 Å². The SMILES string of the molecule is CCCN1CCCCCCN(C(=O)C2Cc3ccccc3C2)[C@@H]2CCCC[C@@H]2Oc2ccccc2C1=O. The second kappa shape index (κ2) is 12.1. The maximum Gasteiger partial charge on any atom is 0.257 e. The second-order valence-corrected chi connectivity index (χ2v) is 11.1. The van der Waals surface area contributed by atoms with Gasteiger partial charge in [-0.15, -0.1) is 0 Å². The number of carbonyl (C=O) groups is 2. The summed E-state index contributed by atoms with van der Waals surface area (Å²) >= 11 is 0. The van der Waals surface area contributed by atoms with Crippen LogP contribution >= 0.6 is 0 Å². The Hall–Kier alpha value is -2.82. The van der Waals surface area contributed by atoms with Gasteiger partial charge in [0.2, 0.25) is 5.91 Å². The fourth-order valence-corrected chi connectivity index (χ4v) is 6.58. The molecular weight excluding hydrogens is 460 g/mol. The summed E-state index contributed by atoms with van der Waals surface area (Å²) in [7, 11) is 0. The molecule has 1 fully saturated rings. The third-order valence-electron chi connectivity index (χ3n) is 8.50. The van der Waals surface area contributed by atoms with Crippen molar-refractivity contribution in [2.24, 2.45) is 5.92 Å². The molecule has 37 heavy (non-hydrogen) atoms. The Bertz CT molecular complexity index is 1060. The van der Waals surface area contributed by atoms with Crippen LogP contribution in [0.25, 0.3) is 0 Å². The van der Waals surface area contributed by atoms with Crippen LogP contribution in [0.15, 0.2) is 48.5 Å². The zero-order valence-corrected chi connectivity index (χ0v) is 22.4. The van der Waals surface area contributed by atoms with Crippen LogP contribution in [-0.2, 0) is 17.6 Å². The molecule has 2 aromatic carbocycles. The van der Waals surface area contributed by atoms with E-state index in [0.29, 0.717) is 17.2 Å². The van der Waals surface area contributed by atoms with Crippen LogP contribution < -0.4 is 4.74 Å². The first-order valence-electron chi connectivity index (χ1n) is 14.6. The topological polar surface area (TPSA) is 49.9 Å². The number of benzene rings is 2. The number of hydrogen-bond acceptors (Lipinski definition) is 3. The monoisotopic (exact) mass is 502 g/mol. The average Bonchev–Trinajstić information content (AvgIpc) is 3.36. The molecule has 0 aromatic heterocycles. The predicted octanol–water partition coefficient (Wildman–Crippen LogP) is 6.05. The van der Waals surface area contributed by atoms with E-state index in [1.165, 1.54) is 11.1 Å². The van der Waals surface area contributed by atoms with Crippen LogP contribution in [-0.4, -0.2) is 53.4 Å². The predicted molar refractivity (Wildman–Crippen MR) is 147 cm³/mol. The molecule has 0 radical (unpaired) electrons. The van der Waals surface area contributed by atoms with Crippen molar-refractivity contribution in [2.75, 3.05) is 19.6 Å². The number of para-hydroxylation sites is 1. The van der Waals surface area contributed by atoms with Crippen LogP contribution in [0.2, 0.25) is 0 Å². The molecule has 0 unspecified atom stereocenters. The molecule has 0 N–H and O–H groups in total. The molecule has 5 rings (SSSR count). The number of rotatable bonds is 3. The van der Waals surface area contributed by atoms with E-state index in [9.17, 15) is 9.59 Å². The number of ether oxygens (including phenoxy) is 1. The number of amides is 2. The van der Waals surface area contributed by atoms with Gasteiger partial charge in [-0.05, 0) is 74.6 Å². The van der Waals surface area contributed by atoms with Crippen molar-refractivity contribution in [2.45, 2.75) is 89.7 Å². The van der Waals surface area contributed by atoms with Crippen molar-refractivity contribution in [1.29, 1.82) is 0 Å². The highest BCUT2D eigenvalue weighted by molar-refractivity contribution is 5.97. The lowest BCUT2D eigenvalue weighted by Crippen LogP contribution is -2.53. The molecule has 5 nitrogen and oxygen atoms in total. The first-order chi connectivity index (χ1) is 18.2. The maximum atomic E-state index is 14.1. The lowest BCUT2D eigenvalue weighted by molar-refractivity contribution is -0.141. The Morgan fingerprint density at radius 3 is 2.30 bits per heavy atom. The van der Waals surface area contributed by atoms with Crippen LogP contribution in [0.5, 0.6) is 5.75 Å². The van der Waals surface area contributed by atoms with E-state index in [1.807, 2.05) is 29.2 Å². The molecule has 0 spiro atoms. The first kappa shape index (κ1) is 25.8. The Morgan fingerprint density at radius 1 is 0.865 bits per heavy atom. The fraction of sp³-hybridized carbons (Fsp3) is 0.562. The summed E-state index contributed by atoms with van der Waals surface area (Å²) in [4.78, 5) is 31.9. The maximum absolute atomic E-state index is 14.1. The van der Waals surface area contributed by atoms with Crippen molar-refractivity contribution < 1.29 is 14.3 Å². The van der Waals surface area contributed by atoms with Gasteiger partial charge in [0.15, 0.2) is 0 Å². The largest absolute Gasteiger partial charge is 0.487 e. The van der Waals surface area contributed by atoms with E-state index in [-0.39, 0.29) is 24.0 Å². The van der Waals surface area contributed by atoms with Crippen molar-refractivity contribution in [3.8, 4) is 5.75 Å². The molecule has 2 atom stereocenters. The van der Waals surface area contributed by atoms with Crippen LogP contribution in [0.4, 0.5) is 0 Å². The highest BCUT2D eigenvalue weighted by Gasteiger charge is 2.39. The summed E-state index contributed by atoms with van der Waals surface area (Å²) in [5, 5.41) is 0. The standard InChI is InChI=1S/C32H42N2O3/c1-2-19-33-20-11-3-4-12-21-34(31(35)26-22-24-13-5-6-14-25(24)23-26)28-16-8-10-18-30(28)37-29-17-9-7-15-27(29)32(33)36/h5-7,9,13-15,17,26,28,30H,2-4,8,10-12,16,18-23H2,1H3/t28-,30+/m1/s1. The molecule has 1 aliphatic heterocycles. The van der Waals surface area contributed by atoms with Gasteiger partial charge in [0.25, 0.3) is 5.91 Å². The van der Waals surface area contributed by atoms with Gasteiger partial charge in [0.1, 0.15) is 11.9 Å². The zero-order valence-electron chi connectivity index (χ0n) is 22.4. The average molecular weight is 503 g/mol. The summed E-state index contributed by atoms with van der Waals surface area (Å²) in [6, 6.07) is 16.3. The molecule has 2 aliphatic carbocycles. The van der Waals surface area contributed by atoms with Crippen LogP contribution in [0.1, 0.15) is 86.2 Å². The third kappa shape index (κ3) is 5.86. The van der Waals surface area contributed by atoms with Gasteiger partial charge >= 0.3 is 0 Å². The van der Waals surface area contributed by atoms with Gasteiger partial charge < -0.3 is 14.5 Å². The number of carbonyl (C=O) groups excluding carboxylic acids is 2. The molecule has 2 aromatic rings. The van der Waals surface area contributed by atoms with Crippen LogP contribution in [0.3, 0.4) is 0 Å². The Kier molecular flexibility index (Phi) is 8.48. The van der Waals surface area contributed by atoms with E-state index in [0.717, 1.165) is 90.3 Å². The smallest absolute Gasteiger partial charge is 0.257 e. The van der Waals surface area contributed by atoms with Gasteiger partial charge in [0.05, 0.1) is 11.6 Å². The second-order valence-electron chi connectivity index (χ2n) is 11.1. The Labute approximate surface area is 222 Å². The summed E-state index contributed by atoms with van der Waals surface area (Å²) in [5.41, 5.74) is 3.30. The number of nitrogens with zero attached hydrogens (tertiary/aromatic N) is 2. The van der Waals surface area contributed by atoms with Gasteiger partial charge in [-0.1, -0.05) is 62.6 Å². The summed E-state index contributed by atoms with van der Waals surface area (Å²) in [5.74, 6) is 1.05. The van der Waals surface area contributed by atoms with Gasteiger partial charge in [-0.25, -0.2) is 0 Å². The first-order valence-corrected chi connectivity index (χ1v) is 14.6. The summed E-state index contributed by atoms with van der Waals surface area (Å²) < 4.78 is 6.71. The zero-order chi connectivity index (χ0) is 25.6. The fourth-order valence-electron chi connectivity index (χ4n) is 6.58. The molecule has 198 valence electrons. The minimum absolute atomic E-state index is 0.0235. The molecule has 2 amide bonds. The number of fused-ring (bicyclic) bond motifs is 3. The van der Waals surface area contributed by atoms with Crippen molar-refractivity contribution in [3.05, 3.63) is 65.2 Å². The van der Waals surface area contributed by atoms with Crippen molar-refractivity contribution in [1.82, 2.24) is 9.80 Å².